The third kappa shape index (κ3) is 3.44. The van der Waals surface area contributed by atoms with E-state index in [1.807, 2.05) is 0 Å². The molecular weight excluding hydrogens is 275 g/mol. The molecule has 0 bridgehead atoms. The summed E-state index contributed by atoms with van der Waals surface area (Å²) in [6, 6.07) is 9.97. The Kier molecular flexibility index (Phi) is 5.00. The molecule has 0 heterocycles. The molecule has 1 N–H and O–H groups in total. The SMILES string of the molecule is COc1cc(CO)ccc1OCc1cccc(OC)c1F. The lowest BCUT2D eigenvalue weighted by molar-refractivity contribution is 0.271. The van der Waals surface area contributed by atoms with Crippen molar-refractivity contribution in [1.82, 2.24) is 0 Å². The van der Waals surface area contributed by atoms with Crippen molar-refractivity contribution in [3.8, 4) is 17.2 Å². The first-order valence-electron chi connectivity index (χ1n) is 6.41. The fourth-order valence-corrected chi connectivity index (χ4v) is 1.91. The van der Waals surface area contributed by atoms with Gasteiger partial charge in [-0.2, -0.15) is 0 Å². The minimum atomic E-state index is -0.439. The zero-order valence-electron chi connectivity index (χ0n) is 11.9. The number of rotatable bonds is 6. The second-order valence-corrected chi connectivity index (χ2v) is 4.37. The first-order valence-corrected chi connectivity index (χ1v) is 6.41. The second-order valence-electron chi connectivity index (χ2n) is 4.37. The fourth-order valence-electron chi connectivity index (χ4n) is 1.91. The number of hydrogen-bond donors (Lipinski definition) is 1. The summed E-state index contributed by atoms with van der Waals surface area (Å²) in [5, 5.41) is 9.09. The van der Waals surface area contributed by atoms with E-state index < -0.39 is 5.82 Å². The Morgan fingerprint density at radius 1 is 1.00 bits per heavy atom. The lowest BCUT2D eigenvalue weighted by Gasteiger charge is -2.13. The minimum absolute atomic E-state index is 0.0534. The quantitative estimate of drug-likeness (QED) is 0.889. The highest BCUT2D eigenvalue weighted by Crippen LogP contribution is 2.29. The van der Waals surface area contributed by atoms with Crippen LogP contribution >= 0.6 is 0 Å². The van der Waals surface area contributed by atoms with E-state index >= 15 is 0 Å². The summed E-state index contributed by atoms with van der Waals surface area (Å²) in [6.45, 7) is -0.0288. The lowest BCUT2D eigenvalue weighted by Crippen LogP contribution is -2.02. The van der Waals surface area contributed by atoms with Crippen LogP contribution in [0.4, 0.5) is 4.39 Å². The molecule has 2 aromatic rings. The standard InChI is InChI=1S/C16H17FO4/c1-19-14-5-3-4-12(16(14)17)10-21-13-7-6-11(9-18)8-15(13)20-2/h3-8,18H,9-10H2,1-2H3. The van der Waals surface area contributed by atoms with Gasteiger partial charge in [0.05, 0.1) is 20.8 Å². The van der Waals surface area contributed by atoms with Crippen LogP contribution in [0.15, 0.2) is 36.4 Å². The molecule has 0 fully saturated rings. The van der Waals surface area contributed by atoms with Gasteiger partial charge in [0.15, 0.2) is 23.1 Å². The van der Waals surface area contributed by atoms with Gasteiger partial charge in [-0.1, -0.05) is 18.2 Å². The van der Waals surface area contributed by atoms with Crippen molar-refractivity contribution in [2.24, 2.45) is 0 Å². The topological polar surface area (TPSA) is 47.9 Å². The highest BCUT2D eigenvalue weighted by molar-refractivity contribution is 5.43. The fraction of sp³-hybridized carbons (Fsp3) is 0.250. The average Bonchev–Trinajstić information content (AvgIpc) is 2.53. The molecule has 5 heteroatoms. The van der Waals surface area contributed by atoms with E-state index in [2.05, 4.69) is 0 Å². The number of aliphatic hydroxyl groups is 1. The number of ether oxygens (including phenoxy) is 3. The Morgan fingerprint density at radius 3 is 2.43 bits per heavy atom. The lowest BCUT2D eigenvalue weighted by atomic mass is 10.2. The van der Waals surface area contributed by atoms with Crippen molar-refractivity contribution >= 4 is 0 Å². The highest BCUT2D eigenvalue weighted by Gasteiger charge is 2.11. The van der Waals surface area contributed by atoms with Crippen LogP contribution in [0.3, 0.4) is 0 Å². The molecule has 0 aromatic heterocycles. The molecular formula is C16H17FO4. The maximum absolute atomic E-state index is 14.0. The van der Waals surface area contributed by atoms with Crippen molar-refractivity contribution < 1.29 is 23.7 Å². The molecule has 21 heavy (non-hydrogen) atoms. The van der Waals surface area contributed by atoms with Gasteiger partial charge in [0.25, 0.3) is 0 Å². The van der Waals surface area contributed by atoms with Crippen LogP contribution in [-0.2, 0) is 13.2 Å². The van der Waals surface area contributed by atoms with Gasteiger partial charge >= 0.3 is 0 Å². The van der Waals surface area contributed by atoms with E-state index in [1.165, 1.54) is 14.2 Å². The van der Waals surface area contributed by atoms with E-state index in [1.54, 1.807) is 36.4 Å². The number of hydrogen-bond acceptors (Lipinski definition) is 4. The van der Waals surface area contributed by atoms with Crippen LogP contribution < -0.4 is 14.2 Å². The molecule has 0 saturated carbocycles. The predicted molar refractivity (Wildman–Crippen MR) is 76.2 cm³/mol. The summed E-state index contributed by atoms with van der Waals surface area (Å²) in [6.07, 6.45) is 0. The molecule has 0 aliphatic heterocycles. The smallest absolute Gasteiger partial charge is 0.171 e. The predicted octanol–water partition coefficient (Wildman–Crippen LogP) is 2.91. The largest absolute Gasteiger partial charge is 0.494 e. The maximum atomic E-state index is 14.0. The first-order chi connectivity index (χ1) is 10.2. The van der Waals surface area contributed by atoms with E-state index in [0.29, 0.717) is 22.6 Å². The summed E-state index contributed by atoms with van der Waals surface area (Å²) in [5.41, 5.74) is 1.11. The third-order valence-corrected chi connectivity index (χ3v) is 3.06. The maximum Gasteiger partial charge on any atom is 0.171 e. The monoisotopic (exact) mass is 292 g/mol. The summed E-state index contributed by atoms with van der Waals surface area (Å²) in [5.74, 6) is 0.714. The molecule has 0 radical (unpaired) electrons. The van der Waals surface area contributed by atoms with Crippen LogP contribution in [-0.4, -0.2) is 19.3 Å². The van der Waals surface area contributed by atoms with Gasteiger partial charge in [-0.05, 0) is 23.8 Å². The van der Waals surface area contributed by atoms with Crippen LogP contribution in [0.5, 0.6) is 17.2 Å². The van der Waals surface area contributed by atoms with Crippen molar-refractivity contribution in [3.63, 3.8) is 0 Å². The average molecular weight is 292 g/mol. The number of aliphatic hydroxyl groups excluding tert-OH is 1. The Labute approximate surface area is 122 Å². The van der Waals surface area contributed by atoms with Crippen molar-refractivity contribution in [2.75, 3.05) is 14.2 Å². The molecule has 0 atom stereocenters. The van der Waals surface area contributed by atoms with Crippen LogP contribution in [0.2, 0.25) is 0 Å². The van der Waals surface area contributed by atoms with E-state index in [0.717, 1.165) is 0 Å². The van der Waals surface area contributed by atoms with Crippen LogP contribution in [0.25, 0.3) is 0 Å². The number of methoxy groups -OCH3 is 2. The molecule has 112 valence electrons. The van der Waals surface area contributed by atoms with Gasteiger partial charge in [-0.25, -0.2) is 4.39 Å². The molecule has 2 aromatic carbocycles. The van der Waals surface area contributed by atoms with Gasteiger partial charge in [0.2, 0.25) is 0 Å². The molecule has 0 amide bonds. The van der Waals surface area contributed by atoms with Gasteiger partial charge in [0, 0.05) is 5.56 Å². The van der Waals surface area contributed by atoms with E-state index in [9.17, 15) is 4.39 Å². The minimum Gasteiger partial charge on any atom is -0.494 e. The second kappa shape index (κ2) is 6.95. The summed E-state index contributed by atoms with van der Waals surface area (Å²) in [7, 11) is 2.93. The molecule has 0 aliphatic rings. The van der Waals surface area contributed by atoms with Crippen molar-refractivity contribution in [1.29, 1.82) is 0 Å². The summed E-state index contributed by atoms with van der Waals surface area (Å²) < 4.78 is 29.7. The Morgan fingerprint density at radius 2 is 1.76 bits per heavy atom. The van der Waals surface area contributed by atoms with Crippen LogP contribution in [0.1, 0.15) is 11.1 Å². The van der Waals surface area contributed by atoms with Gasteiger partial charge in [0.1, 0.15) is 6.61 Å². The Bertz CT molecular complexity index is 613. The first kappa shape index (κ1) is 15.1. The molecule has 2 rings (SSSR count). The van der Waals surface area contributed by atoms with Crippen molar-refractivity contribution in [3.05, 3.63) is 53.3 Å². The Balaban J connectivity index is 2.16. The van der Waals surface area contributed by atoms with Gasteiger partial charge < -0.3 is 19.3 Å². The summed E-state index contributed by atoms with van der Waals surface area (Å²) in [4.78, 5) is 0. The van der Waals surface area contributed by atoms with Crippen LogP contribution in [0, 0.1) is 5.82 Å². The molecule has 0 saturated heterocycles. The molecule has 4 nitrogen and oxygen atoms in total. The van der Waals surface area contributed by atoms with Gasteiger partial charge in [-0.3, -0.25) is 0 Å². The van der Waals surface area contributed by atoms with Gasteiger partial charge in [-0.15, -0.1) is 0 Å². The molecule has 0 unspecified atom stereocenters. The zero-order chi connectivity index (χ0) is 15.2. The van der Waals surface area contributed by atoms with Crippen molar-refractivity contribution in [2.45, 2.75) is 13.2 Å². The number of benzene rings is 2. The summed E-state index contributed by atoms with van der Waals surface area (Å²) >= 11 is 0. The molecule has 0 aliphatic carbocycles. The highest BCUT2D eigenvalue weighted by atomic mass is 19.1. The van der Waals surface area contributed by atoms with E-state index in [-0.39, 0.29) is 19.0 Å². The normalized spacial score (nSPS) is 10.3. The number of halogens is 1. The Hall–Kier alpha value is -2.27. The zero-order valence-corrected chi connectivity index (χ0v) is 11.9. The van der Waals surface area contributed by atoms with E-state index in [4.69, 9.17) is 19.3 Å². The third-order valence-electron chi connectivity index (χ3n) is 3.06. The molecule has 0 spiro atoms.